The Hall–Kier alpha value is -0.790. The van der Waals surface area contributed by atoms with Gasteiger partial charge in [0.25, 0.3) is 0 Å². The minimum absolute atomic E-state index is 0.490. The summed E-state index contributed by atoms with van der Waals surface area (Å²) in [6, 6.07) is 0. The van der Waals surface area contributed by atoms with E-state index in [2.05, 4.69) is 39.4 Å². The van der Waals surface area contributed by atoms with Crippen LogP contribution in [-0.2, 0) is 0 Å². The second-order valence-corrected chi connectivity index (χ2v) is 3.11. The first-order valence-electron chi connectivity index (χ1n) is 4.59. The molecule has 0 unspecified atom stereocenters. The minimum atomic E-state index is 0.490. The molecule has 0 heterocycles. The lowest BCUT2D eigenvalue weighted by molar-refractivity contribution is 0.323. The van der Waals surface area contributed by atoms with Crippen LogP contribution in [0, 0.1) is 5.92 Å². The van der Waals surface area contributed by atoms with Gasteiger partial charge in [0.1, 0.15) is 0 Å². The number of hydrogen-bond donors (Lipinski definition) is 0. The molecule has 0 fully saturated rings. The van der Waals surface area contributed by atoms with Crippen LogP contribution in [-0.4, -0.2) is 24.3 Å². The van der Waals surface area contributed by atoms with Crippen molar-refractivity contribution in [2.75, 3.05) is 13.1 Å². The average Bonchev–Trinajstić information content (AvgIpc) is 2.05. The van der Waals surface area contributed by atoms with Crippen molar-refractivity contribution in [2.24, 2.45) is 11.0 Å². The van der Waals surface area contributed by atoms with Crippen molar-refractivity contribution < 1.29 is 0 Å². The molecule has 0 spiro atoms. The fourth-order valence-corrected chi connectivity index (χ4v) is 0.692. The summed E-state index contributed by atoms with van der Waals surface area (Å²) in [4.78, 5) is 0. The Morgan fingerprint density at radius 3 is 2.25 bits per heavy atom. The zero-order chi connectivity index (χ0) is 9.56. The van der Waals surface area contributed by atoms with E-state index < -0.39 is 0 Å². The third-order valence-electron chi connectivity index (χ3n) is 1.86. The lowest BCUT2D eigenvalue weighted by atomic mass is 10.1. The molecule has 70 valence electrons. The van der Waals surface area contributed by atoms with Crippen molar-refractivity contribution in [3.63, 3.8) is 0 Å². The smallest absolute Gasteiger partial charge is 0.0499 e. The summed E-state index contributed by atoms with van der Waals surface area (Å²) < 4.78 is 0. The number of nitrogens with zero attached hydrogens (tertiary/aromatic N) is 2. The standard InChI is InChI=1S/C10H20N2/c1-6-12(7-2)11-8-10(5)9(3)4/h8-9H,5-7H2,1-4H3. The van der Waals surface area contributed by atoms with E-state index in [9.17, 15) is 0 Å². The molecule has 0 amide bonds. The summed E-state index contributed by atoms with van der Waals surface area (Å²) in [5.74, 6) is 0.490. The van der Waals surface area contributed by atoms with Gasteiger partial charge in [-0.15, -0.1) is 0 Å². The molecule has 0 aromatic rings. The second-order valence-electron chi connectivity index (χ2n) is 3.11. The molecule has 2 heteroatoms. The van der Waals surface area contributed by atoms with Crippen LogP contribution in [0.3, 0.4) is 0 Å². The Morgan fingerprint density at radius 2 is 1.92 bits per heavy atom. The van der Waals surface area contributed by atoms with Gasteiger partial charge in [0.2, 0.25) is 0 Å². The van der Waals surface area contributed by atoms with E-state index in [-0.39, 0.29) is 0 Å². The molecule has 0 saturated heterocycles. The maximum absolute atomic E-state index is 4.29. The zero-order valence-electron chi connectivity index (χ0n) is 8.67. The van der Waals surface area contributed by atoms with E-state index in [0.29, 0.717) is 5.92 Å². The third kappa shape index (κ3) is 4.16. The summed E-state index contributed by atoms with van der Waals surface area (Å²) in [6.45, 7) is 14.3. The van der Waals surface area contributed by atoms with Crippen LogP contribution >= 0.6 is 0 Å². The zero-order valence-corrected chi connectivity index (χ0v) is 8.67. The molecule has 0 aliphatic heterocycles. The molecule has 0 aliphatic carbocycles. The molecule has 12 heavy (non-hydrogen) atoms. The molecule has 0 saturated carbocycles. The fraction of sp³-hybridized carbons (Fsp3) is 0.700. The predicted octanol–water partition coefficient (Wildman–Crippen LogP) is 2.53. The lowest BCUT2D eigenvalue weighted by Crippen LogP contribution is -2.16. The molecule has 0 aromatic heterocycles. The highest BCUT2D eigenvalue weighted by Gasteiger charge is 1.96. The van der Waals surface area contributed by atoms with E-state index in [4.69, 9.17) is 0 Å². The van der Waals surface area contributed by atoms with Crippen molar-refractivity contribution in [3.05, 3.63) is 12.2 Å². The first kappa shape index (κ1) is 11.2. The fourth-order valence-electron chi connectivity index (χ4n) is 0.692. The molecule has 0 rings (SSSR count). The van der Waals surface area contributed by atoms with Gasteiger partial charge in [0.15, 0.2) is 0 Å². The minimum Gasteiger partial charge on any atom is -0.298 e. The van der Waals surface area contributed by atoms with Gasteiger partial charge >= 0.3 is 0 Å². The van der Waals surface area contributed by atoms with Gasteiger partial charge in [-0.2, -0.15) is 5.10 Å². The quantitative estimate of drug-likeness (QED) is 0.455. The summed E-state index contributed by atoms with van der Waals surface area (Å²) in [5, 5.41) is 6.30. The first-order chi connectivity index (χ1) is 5.61. The molecule has 0 bridgehead atoms. The molecular formula is C10H20N2. The highest BCUT2D eigenvalue weighted by Crippen LogP contribution is 2.03. The van der Waals surface area contributed by atoms with Crippen molar-refractivity contribution in [1.82, 2.24) is 5.01 Å². The maximum atomic E-state index is 4.29. The highest BCUT2D eigenvalue weighted by molar-refractivity contribution is 5.77. The number of allylic oxidation sites excluding steroid dienone is 1. The summed E-state index contributed by atoms with van der Waals surface area (Å²) in [5.41, 5.74) is 1.09. The Kier molecular flexibility index (Phi) is 5.43. The van der Waals surface area contributed by atoms with Crippen LogP contribution in [0.25, 0.3) is 0 Å². The number of hydrogen-bond acceptors (Lipinski definition) is 2. The summed E-state index contributed by atoms with van der Waals surface area (Å²) in [6.07, 6.45) is 1.86. The molecule has 0 radical (unpaired) electrons. The molecular weight excluding hydrogens is 148 g/mol. The SMILES string of the molecule is C=C(C=NN(CC)CC)C(C)C. The van der Waals surface area contributed by atoms with Gasteiger partial charge in [0, 0.05) is 19.3 Å². The maximum Gasteiger partial charge on any atom is 0.0499 e. The van der Waals surface area contributed by atoms with Crippen LogP contribution in [0.1, 0.15) is 27.7 Å². The predicted molar refractivity (Wildman–Crippen MR) is 55.4 cm³/mol. The molecule has 0 aliphatic rings. The molecule has 0 aromatic carbocycles. The van der Waals surface area contributed by atoms with Crippen LogP contribution < -0.4 is 0 Å². The molecule has 2 nitrogen and oxygen atoms in total. The van der Waals surface area contributed by atoms with E-state index >= 15 is 0 Å². The highest BCUT2D eigenvalue weighted by atomic mass is 15.4. The largest absolute Gasteiger partial charge is 0.298 e. The number of rotatable bonds is 5. The van der Waals surface area contributed by atoms with E-state index in [1.54, 1.807) is 0 Å². The van der Waals surface area contributed by atoms with E-state index in [1.165, 1.54) is 0 Å². The van der Waals surface area contributed by atoms with Gasteiger partial charge in [-0.25, -0.2) is 0 Å². The molecule has 0 N–H and O–H groups in total. The van der Waals surface area contributed by atoms with Gasteiger partial charge < -0.3 is 0 Å². The van der Waals surface area contributed by atoms with Crippen molar-refractivity contribution in [1.29, 1.82) is 0 Å². The van der Waals surface area contributed by atoms with Gasteiger partial charge in [-0.1, -0.05) is 20.4 Å². The topological polar surface area (TPSA) is 15.6 Å². The summed E-state index contributed by atoms with van der Waals surface area (Å²) in [7, 11) is 0. The second kappa shape index (κ2) is 5.81. The Bertz CT molecular complexity index is 155. The van der Waals surface area contributed by atoms with Crippen molar-refractivity contribution >= 4 is 6.21 Å². The van der Waals surface area contributed by atoms with Gasteiger partial charge in [-0.05, 0) is 25.3 Å². The monoisotopic (exact) mass is 168 g/mol. The van der Waals surface area contributed by atoms with Crippen LogP contribution in [0.15, 0.2) is 17.3 Å². The van der Waals surface area contributed by atoms with Crippen LogP contribution in [0.4, 0.5) is 0 Å². The van der Waals surface area contributed by atoms with Crippen molar-refractivity contribution in [3.8, 4) is 0 Å². The third-order valence-corrected chi connectivity index (χ3v) is 1.86. The summed E-state index contributed by atoms with van der Waals surface area (Å²) >= 11 is 0. The number of hydrazone groups is 1. The normalized spacial score (nSPS) is 11.1. The average molecular weight is 168 g/mol. The van der Waals surface area contributed by atoms with E-state index in [1.807, 2.05) is 11.2 Å². The van der Waals surface area contributed by atoms with Crippen molar-refractivity contribution in [2.45, 2.75) is 27.7 Å². The Balaban J connectivity index is 3.95. The lowest BCUT2D eigenvalue weighted by Gasteiger charge is -2.13. The Morgan fingerprint density at radius 1 is 1.42 bits per heavy atom. The van der Waals surface area contributed by atoms with Crippen LogP contribution in [0.2, 0.25) is 0 Å². The molecule has 0 atom stereocenters. The Labute approximate surface area is 76.0 Å². The first-order valence-corrected chi connectivity index (χ1v) is 4.59. The van der Waals surface area contributed by atoms with E-state index in [0.717, 1.165) is 18.7 Å². The van der Waals surface area contributed by atoms with Gasteiger partial charge in [0.05, 0.1) is 0 Å². The van der Waals surface area contributed by atoms with Crippen LogP contribution in [0.5, 0.6) is 0 Å². The van der Waals surface area contributed by atoms with Gasteiger partial charge in [-0.3, -0.25) is 5.01 Å².